The zero-order valence-electron chi connectivity index (χ0n) is 10.4. The van der Waals surface area contributed by atoms with Gasteiger partial charge in [0, 0.05) is 0 Å². The number of carbonyl (C=O) groups is 1. The summed E-state index contributed by atoms with van der Waals surface area (Å²) < 4.78 is 4.68. The number of benzene rings is 1. The molecule has 6 heteroatoms. The van der Waals surface area contributed by atoms with Gasteiger partial charge < -0.3 is 14.9 Å². The van der Waals surface area contributed by atoms with Crippen LogP contribution in [0.3, 0.4) is 0 Å². The second-order valence-corrected chi connectivity index (χ2v) is 3.82. The van der Waals surface area contributed by atoms with E-state index in [9.17, 15) is 19.8 Å². The van der Waals surface area contributed by atoms with Crippen molar-refractivity contribution in [3.05, 3.63) is 29.8 Å². The first-order chi connectivity index (χ1) is 9.08. The Labute approximate surface area is 110 Å². The molecule has 0 saturated heterocycles. The SMILES string of the molecule is CCOC(=O)CC(O)C(O)c1cccc(N=C=O)c1. The molecule has 0 bridgehead atoms. The number of carbonyl (C=O) groups excluding carboxylic acids is 2. The number of rotatable bonds is 6. The van der Waals surface area contributed by atoms with Crippen LogP contribution < -0.4 is 0 Å². The molecule has 0 aliphatic carbocycles. The van der Waals surface area contributed by atoms with Crippen molar-refractivity contribution in [1.82, 2.24) is 0 Å². The molecule has 19 heavy (non-hydrogen) atoms. The second kappa shape index (κ2) is 7.43. The first-order valence-electron chi connectivity index (χ1n) is 5.78. The molecule has 0 amide bonds. The predicted octanol–water partition coefficient (Wildman–Crippen LogP) is 1.00. The standard InChI is InChI=1S/C13H15NO5/c1-2-19-12(17)7-11(16)13(18)9-4-3-5-10(6-9)14-8-15/h3-6,11,13,16,18H,2,7H2,1H3. The van der Waals surface area contributed by atoms with E-state index >= 15 is 0 Å². The van der Waals surface area contributed by atoms with Gasteiger partial charge in [0.15, 0.2) is 0 Å². The fraction of sp³-hybridized carbons (Fsp3) is 0.385. The van der Waals surface area contributed by atoms with Gasteiger partial charge in [-0.15, -0.1) is 0 Å². The molecule has 6 nitrogen and oxygen atoms in total. The minimum Gasteiger partial charge on any atom is -0.466 e. The van der Waals surface area contributed by atoms with E-state index in [1.807, 2.05) is 0 Å². The molecule has 0 heterocycles. The van der Waals surface area contributed by atoms with Crippen LogP contribution in [-0.4, -0.2) is 35.0 Å². The molecule has 2 unspecified atom stereocenters. The highest BCUT2D eigenvalue weighted by molar-refractivity contribution is 5.70. The van der Waals surface area contributed by atoms with E-state index in [1.54, 1.807) is 25.1 Å². The lowest BCUT2D eigenvalue weighted by Gasteiger charge is -2.17. The van der Waals surface area contributed by atoms with Crippen LogP contribution >= 0.6 is 0 Å². The largest absolute Gasteiger partial charge is 0.466 e. The Bertz CT molecular complexity index is 482. The molecule has 1 rings (SSSR count). The molecule has 102 valence electrons. The number of esters is 1. The average molecular weight is 265 g/mol. The molecule has 0 radical (unpaired) electrons. The van der Waals surface area contributed by atoms with Crippen LogP contribution in [0, 0.1) is 0 Å². The van der Waals surface area contributed by atoms with Crippen LogP contribution in [0.25, 0.3) is 0 Å². The van der Waals surface area contributed by atoms with Gasteiger partial charge in [0.25, 0.3) is 0 Å². The summed E-state index contributed by atoms with van der Waals surface area (Å²) in [6.45, 7) is 1.87. The van der Waals surface area contributed by atoms with Gasteiger partial charge >= 0.3 is 5.97 Å². The Kier molecular flexibility index (Phi) is 5.89. The minimum absolute atomic E-state index is 0.213. The van der Waals surface area contributed by atoms with Crippen molar-refractivity contribution in [1.29, 1.82) is 0 Å². The third-order valence-electron chi connectivity index (χ3n) is 2.43. The molecular weight excluding hydrogens is 250 g/mol. The van der Waals surface area contributed by atoms with Gasteiger partial charge in [-0.2, -0.15) is 4.99 Å². The van der Waals surface area contributed by atoms with Crippen LogP contribution in [0.4, 0.5) is 5.69 Å². The quantitative estimate of drug-likeness (QED) is 0.454. The summed E-state index contributed by atoms with van der Waals surface area (Å²) in [6, 6.07) is 6.12. The van der Waals surface area contributed by atoms with Crippen LogP contribution in [0.15, 0.2) is 29.3 Å². The summed E-state index contributed by atoms with van der Waals surface area (Å²) in [4.78, 5) is 24.7. The molecule has 0 aliphatic rings. The number of hydrogen-bond donors (Lipinski definition) is 2. The zero-order chi connectivity index (χ0) is 14.3. The summed E-state index contributed by atoms with van der Waals surface area (Å²) in [5, 5.41) is 19.6. The lowest BCUT2D eigenvalue weighted by Crippen LogP contribution is -2.23. The molecule has 2 N–H and O–H groups in total. The highest BCUT2D eigenvalue weighted by Gasteiger charge is 2.22. The van der Waals surface area contributed by atoms with Gasteiger partial charge in [-0.3, -0.25) is 4.79 Å². The third kappa shape index (κ3) is 4.63. The minimum atomic E-state index is -1.28. The van der Waals surface area contributed by atoms with Gasteiger partial charge in [0.2, 0.25) is 6.08 Å². The van der Waals surface area contributed by atoms with Crippen LogP contribution in [0.5, 0.6) is 0 Å². The number of hydrogen-bond acceptors (Lipinski definition) is 6. The number of ether oxygens (including phenoxy) is 1. The molecule has 1 aromatic rings. The highest BCUT2D eigenvalue weighted by atomic mass is 16.5. The molecule has 2 atom stereocenters. The van der Waals surface area contributed by atoms with Crippen LogP contribution in [0.2, 0.25) is 0 Å². The van der Waals surface area contributed by atoms with E-state index in [-0.39, 0.29) is 13.0 Å². The molecule has 0 fully saturated rings. The van der Waals surface area contributed by atoms with Crippen molar-refractivity contribution < 1.29 is 24.5 Å². The predicted molar refractivity (Wildman–Crippen MR) is 66.4 cm³/mol. The Morgan fingerprint density at radius 3 is 2.84 bits per heavy atom. The Morgan fingerprint density at radius 1 is 1.47 bits per heavy atom. The van der Waals surface area contributed by atoms with E-state index in [2.05, 4.69) is 9.73 Å². The summed E-state index contributed by atoms with van der Waals surface area (Å²) in [5.74, 6) is -0.587. The van der Waals surface area contributed by atoms with Crippen LogP contribution in [-0.2, 0) is 14.3 Å². The first kappa shape index (κ1) is 15.0. The maximum absolute atomic E-state index is 11.2. The second-order valence-electron chi connectivity index (χ2n) is 3.82. The molecule has 0 saturated carbocycles. The normalized spacial score (nSPS) is 13.2. The topological polar surface area (TPSA) is 96.2 Å². The Balaban J connectivity index is 2.75. The number of nitrogens with zero attached hydrogens (tertiary/aromatic N) is 1. The Hall–Kier alpha value is -2.01. The first-order valence-corrected chi connectivity index (χ1v) is 5.78. The van der Waals surface area contributed by atoms with Gasteiger partial charge in [-0.25, -0.2) is 4.79 Å². The van der Waals surface area contributed by atoms with E-state index in [0.717, 1.165) is 0 Å². The van der Waals surface area contributed by atoms with Crippen molar-refractivity contribution in [3.63, 3.8) is 0 Å². The van der Waals surface area contributed by atoms with Gasteiger partial charge in [-0.1, -0.05) is 12.1 Å². The van der Waals surface area contributed by atoms with Crippen molar-refractivity contribution in [2.45, 2.75) is 25.6 Å². The molecule has 0 spiro atoms. The lowest BCUT2D eigenvalue weighted by molar-refractivity contribution is -0.147. The maximum atomic E-state index is 11.2. The summed E-state index contributed by atoms with van der Waals surface area (Å²) in [7, 11) is 0. The van der Waals surface area contributed by atoms with E-state index < -0.39 is 18.2 Å². The van der Waals surface area contributed by atoms with Crippen molar-refractivity contribution in [2.24, 2.45) is 4.99 Å². The molecule has 1 aromatic carbocycles. The van der Waals surface area contributed by atoms with E-state index in [4.69, 9.17) is 0 Å². The molecule has 0 aromatic heterocycles. The number of aliphatic hydroxyl groups is 2. The van der Waals surface area contributed by atoms with Crippen molar-refractivity contribution in [2.75, 3.05) is 6.61 Å². The Morgan fingerprint density at radius 2 is 2.21 bits per heavy atom. The van der Waals surface area contributed by atoms with E-state index in [0.29, 0.717) is 11.3 Å². The van der Waals surface area contributed by atoms with Gasteiger partial charge in [-0.05, 0) is 24.6 Å². The van der Waals surface area contributed by atoms with Crippen LogP contribution in [0.1, 0.15) is 25.0 Å². The highest BCUT2D eigenvalue weighted by Crippen LogP contribution is 2.23. The average Bonchev–Trinajstić information content (AvgIpc) is 2.38. The smallest absolute Gasteiger partial charge is 0.308 e. The van der Waals surface area contributed by atoms with Gasteiger partial charge in [0.05, 0.1) is 24.8 Å². The summed E-state index contributed by atoms with van der Waals surface area (Å²) >= 11 is 0. The number of aliphatic imine (C=N–C) groups is 1. The van der Waals surface area contributed by atoms with Crippen molar-refractivity contribution >= 4 is 17.7 Å². The summed E-state index contributed by atoms with van der Waals surface area (Å²) in [5.41, 5.74) is 0.670. The third-order valence-corrected chi connectivity index (χ3v) is 2.43. The lowest BCUT2D eigenvalue weighted by atomic mass is 10.0. The number of aliphatic hydroxyl groups excluding tert-OH is 2. The molecular formula is C13H15NO5. The fourth-order valence-corrected chi connectivity index (χ4v) is 1.56. The van der Waals surface area contributed by atoms with Gasteiger partial charge in [0.1, 0.15) is 6.10 Å². The number of isocyanates is 1. The molecule has 0 aliphatic heterocycles. The monoisotopic (exact) mass is 265 g/mol. The zero-order valence-corrected chi connectivity index (χ0v) is 10.4. The fourth-order valence-electron chi connectivity index (χ4n) is 1.56. The van der Waals surface area contributed by atoms with E-state index in [1.165, 1.54) is 12.1 Å². The summed E-state index contributed by atoms with van der Waals surface area (Å²) in [6.07, 6.45) is -1.47. The maximum Gasteiger partial charge on any atom is 0.308 e. The van der Waals surface area contributed by atoms with Crippen molar-refractivity contribution in [3.8, 4) is 0 Å².